The fourth-order valence-corrected chi connectivity index (χ4v) is 1.39. The lowest BCUT2D eigenvalue weighted by Gasteiger charge is -1.95. The van der Waals surface area contributed by atoms with Crippen LogP contribution in [0.25, 0.3) is 6.08 Å². The van der Waals surface area contributed by atoms with Gasteiger partial charge in [-0.05, 0) is 29.8 Å². The van der Waals surface area contributed by atoms with Gasteiger partial charge in [0.1, 0.15) is 0 Å². The lowest BCUT2D eigenvalue weighted by molar-refractivity contribution is -0.113. The molecule has 1 amide bonds. The summed E-state index contributed by atoms with van der Waals surface area (Å²) in [5.74, 6) is -0.504. The number of hydrogen-bond acceptors (Lipinski definition) is 1. The molecule has 0 saturated carbocycles. The van der Waals surface area contributed by atoms with Gasteiger partial charge >= 0.3 is 0 Å². The Morgan fingerprint density at radius 1 is 1.23 bits per heavy atom. The molecule has 2 N–H and O–H groups in total. The van der Waals surface area contributed by atoms with Crippen LogP contribution in [0.4, 0.5) is 0 Å². The Bertz CT molecular complexity index is 340. The van der Waals surface area contributed by atoms with Gasteiger partial charge in [0.05, 0.1) is 0 Å². The molecular weight excluding hydrogens is 209 g/mol. The molecule has 0 atom stereocenters. The van der Waals surface area contributed by atoms with Crippen molar-refractivity contribution in [3.8, 4) is 0 Å². The van der Waals surface area contributed by atoms with Crippen LogP contribution in [0.5, 0.6) is 0 Å². The van der Waals surface area contributed by atoms with E-state index in [1.807, 2.05) is 0 Å². The minimum atomic E-state index is -0.504. The first-order valence-corrected chi connectivity index (χ1v) is 4.27. The second-order valence-corrected chi connectivity index (χ2v) is 3.31. The number of rotatable bonds is 2. The van der Waals surface area contributed by atoms with Gasteiger partial charge < -0.3 is 5.73 Å². The van der Waals surface area contributed by atoms with Gasteiger partial charge in [0.15, 0.2) is 0 Å². The second kappa shape index (κ2) is 4.30. The minimum Gasteiger partial charge on any atom is -0.366 e. The highest BCUT2D eigenvalue weighted by molar-refractivity contribution is 6.34. The molecule has 4 heteroatoms. The summed E-state index contributed by atoms with van der Waals surface area (Å²) in [7, 11) is 0. The predicted octanol–water partition coefficient (Wildman–Crippen LogP) is 2.49. The number of primary amides is 1. The van der Waals surface area contributed by atoms with E-state index in [1.54, 1.807) is 24.3 Å². The van der Waals surface area contributed by atoms with E-state index >= 15 is 0 Å². The zero-order valence-corrected chi connectivity index (χ0v) is 8.14. The first-order chi connectivity index (χ1) is 6.08. The number of carbonyl (C=O) groups is 1. The highest BCUT2D eigenvalue weighted by Crippen LogP contribution is 2.19. The van der Waals surface area contributed by atoms with E-state index in [-0.39, 0.29) is 0 Å². The number of carbonyl (C=O) groups excluding carboxylic acids is 1. The molecule has 68 valence electrons. The molecule has 0 heterocycles. The quantitative estimate of drug-likeness (QED) is 0.758. The van der Waals surface area contributed by atoms with Crippen LogP contribution < -0.4 is 5.73 Å². The first-order valence-electron chi connectivity index (χ1n) is 3.51. The topological polar surface area (TPSA) is 43.1 Å². The van der Waals surface area contributed by atoms with E-state index in [4.69, 9.17) is 28.9 Å². The third-order valence-electron chi connectivity index (χ3n) is 1.32. The summed E-state index contributed by atoms with van der Waals surface area (Å²) in [5, 5.41) is 1.05. The number of hydrogen-bond donors (Lipinski definition) is 1. The molecule has 1 aromatic rings. The maximum absolute atomic E-state index is 10.4. The van der Waals surface area contributed by atoms with Crippen LogP contribution >= 0.6 is 23.2 Å². The first kappa shape index (κ1) is 10.1. The standard InChI is InChI=1S/C9H7Cl2NO/c10-7-3-6(1-2-9(12)13)4-8(11)5-7/h1-5H,(H2,12,13). The van der Waals surface area contributed by atoms with Crippen molar-refractivity contribution in [2.45, 2.75) is 0 Å². The maximum Gasteiger partial charge on any atom is 0.241 e. The number of amides is 1. The van der Waals surface area contributed by atoms with Gasteiger partial charge in [-0.25, -0.2) is 0 Å². The maximum atomic E-state index is 10.4. The Morgan fingerprint density at radius 3 is 2.23 bits per heavy atom. The van der Waals surface area contributed by atoms with Crippen LogP contribution in [0.1, 0.15) is 5.56 Å². The van der Waals surface area contributed by atoms with Crippen molar-refractivity contribution in [1.82, 2.24) is 0 Å². The van der Waals surface area contributed by atoms with Gasteiger partial charge in [-0.2, -0.15) is 0 Å². The molecule has 13 heavy (non-hydrogen) atoms. The average molecular weight is 216 g/mol. The molecule has 2 nitrogen and oxygen atoms in total. The van der Waals surface area contributed by atoms with Crippen LogP contribution in [0.2, 0.25) is 10.0 Å². The molecule has 0 unspecified atom stereocenters. The van der Waals surface area contributed by atoms with Crippen LogP contribution in [-0.2, 0) is 4.79 Å². The number of benzene rings is 1. The van der Waals surface area contributed by atoms with E-state index in [9.17, 15) is 4.79 Å². The molecular formula is C9H7Cl2NO. The monoisotopic (exact) mass is 215 g/mol. The summed E-state index contributed by atoms with van der Waals surface area (Å²) in [6.45, 7) is 0. The van der Waals surface area contributed by atoms with E-state index in [2.05, 4.69) is 0 Å². The van der Waals surface area contributed by atoms with E-state index in [0.717, 1.165) is 5.56 Å². The largest absolute Gasteiger partial charge is 0.366 e. The van der Waals surface area contributed by atoms with Gasteiger partial charge in [0.25, 0.3) is 0 Å². The zero-order chi connectivity index (χ0) is 9.84. The van der Waals surface area contributed by atoms with Gasteiger partial charge in [0.2, 0.25) is 5.91 Å². The molecule has 1 rings (SSSR count). The molecule has 0 spiro atoms. The average Bonchev–Trinajstić information content (AvgIpc) is 1.99. The zero-order valence-electron chi connectivity index (χ0n) is 6.63. The van der Waals surface area contributed by atoms with Crippen molar-refractivity contribution in [2.24, 2.45) is 5.73 Å². The molecule has 0 aliphatic carbocycles. The van der Waals surface area contributed by atoms with Crippen LogP contribution in [0.15, 0.2) is 24.3 Å². The van der Waals surface area contributed by atoms with Crippen molar-refractivity contribution >= 4 is 35.2 Å². The van der Waals surface area contributed by atoms with Gasteiger partial charge in [-0.1, -0.05) is 23.2 Å². The summed E-state index contributed by atoms with van der Waals surface area (Å²) in [6, 6.07) is 4.99. The summed E-state index contributed by atoms with van der Waals surface area (Å²) in [4.78, 5) is 10.4. The molecule has 0 bridgehead atoms. The predicted molar refractivity (Wildman–Crippen MR) is 54.7 cm³/mol. The summed E-state index contributed by atoms with van der Waals surface area (Å²) in [5.41, 5.74) is 5.67. The normalized spacial score (nSPS) is 10.6. The van der Waals surface area contributed by atoms with Crippen LogP contribution in [0, 0.1) is 0 Å². The van der Waals surface area contributed by atoms with E-state index < -0.39 is 5.91 Å². The molecule has 0 aliphatic heterocycles. The fraction of sp³-hybridized carbons (Fsp3) is 0. The Balaban J connectivity index is 2.95. The van der Waals surface area contributed by atoms with Crippen molar-refractivity contribution in [1.29, 1.82) is 0 Å². The van der Waals surface area contributed by atoms with Crippen LogP contribution in [-0.4, -0.2) is 5.91 Å². The minimum absolute atomic E-state index is 0.504. The smallest absolute Gasteiger partial charge is 0.241 e. The summed E-state index contributed by atoms with van der Waals surface area (Å²) >= 11 is 11.5. The fourth-order valence-electron chi connectivity index (χ4n) is 0.850. The van der Waals surface area contributed by atoms with E-state index in [1.165, 1.54) is 6.08 Å². The van der Waals surface area contributed by atoms with Crippen LogP contribution in [0.3, 0.4) is 0 Å². The Morgan fingerprint density at radius 2 is 1.77 bits per heavy atom. The SMILES string of the molecule is NC(=O)C=Cc1cc(Cl)cc(Cl)c1. The summed E-state index contributed by atoms with van der Waals surface area (Å²) in [6.07, 6.45) is 2.81. The van der Waals surface area contributed by atoms with Crippen molar-refractivity contribution < 1.29 is 4.79 Å². The Hall–Kier alpha value is -0.990. The molecule has 0 radical (unpaired) electrons. The Kier molecular flexibility index (Phi) is 3.34. The van der Waals surface area contributed by atoms with Gasteiger partial charge in [-0.3, -0.25) is 4.79 Å². The molecule has 0 aromatic heterocycles. The second-order valence-electron chi connectivity index (χ2n) is 2.44. The van der Waals surface area contributed by atoms with E-state index in [0.29, 0.717) is 10.0 Å². The van der Waals surface area contributed by atoms with Gasteiger partial charge in [0, 0.05) is 16.1 Å². The van der Waals surface area contributed by atoms with Crippen molar-refractivity contribution in [3.05, 3.63) is 39.9 Å². The van der Waals surface area contributed by atoms with Crippen molar-refractivity contribution in [2.75, 3.05) is 0 Å². The third-order valence-corrected chi connectivity index (χ3v) is 1.76. The number of nitrogens with two attached hydrogens (primary N) is 1. The highest BCUT2D eigenvalue weighted by atomic mass is 35.5. The summed E-state index contributed by atoms with van der Waals surface area (Å²) < 4.78 is 0. The van der Waals surface area contributed by atoms with Crippen molar-refractivity contribution in [3.63, 3.8) is 0 Å². The number of halogens is 2. The lowest BCUT2D eigenvalue weighted by Crippen LogP contribution is -2.05. The molecule has 1 aromatic carbocycles. The highest BCUT2D eigenvalue weighted by Gasteiger charge is 1.94. The lowest BCUT2D eigenvalue weighted by atomic mass is 10.2. The van der Waals surface area contributed by atoms with Gasteiger partial charge in [-0.15, -0.1) is 0 Å². The Labute approximate surface area is 85.9 Å². The molecule has 0 aliphatic rings. The third kappa shape index (κ3) is 3.49. The molecule has 0 saturated heterocycles. The molecule has 0 fully saturated rings.